The molecular formula is C17H44FN3O23P6. The van der Waals surface area contributed by atoms with Gasteiger partial charge in [0.15, 0.2) is 0 Å². The van der Waals surface area contributed by atoms with Crippen LogP contribution in [0, 0.1) is 17.8 Å². The number of phosphoric ester groups is 5. The van der Waals surface area contributed by atoms with Gasteiger partial charge in [-0.05, 0) is 13.1 Å². The number of hydrogen-bond donors (Lipinski definition) is 10. The highest BCUT2D eigenvalue weighted by Gasteiger charge is 2.30. The van der Waals surface area contributed by atoms with E-state index in [9.17, 15) is 51.4 Å². The van der Waals surface area contributed by atoms with E-state index in [2.05, 4.69) is 45.2 Å². The van der Waals surface area contributed by atoms with Crippen molar-refractivity contribution in [3.8, 4) is 0 Å². The highest BCUT2D eigenvalue weighted by atomic mass is 31.2. The van der Waals surface area contributed by atoms with Crippen molar-refractivity contribution >= 4 is 46.7 Å². The zero-order valence-electron chi connectivity index (χ0n) is 26.3. The van der Waals surface area contributed by atoms with Crippen molar-refractivity contribution in [2.45, 2.75) is 0 Å². The maximum atomic E-state index is 12.7. The van der Waals surface area contributed by atoms with E-state index < -0.39 is 130 Å². The molecule has 26 nitrogen and oxygen atoms in total. The van der Waals surface area contributed by atoms with Crippen LogP contribution < -0.4 is 17.0 Å². The smallest absolute Gasteiger partial charge is 0.330 e. The summed E-state index contributed by atoms with van der Waals surface area (Å²) in [5, 5.41) is 0. The van der Waals surface area contributed by atoms with Gasteiger partial charge in [0.25, 0.3) is 0 Å². The van der Waals surface area contributed by atoms with E-state index in [-0.39, 0.29) is 19.7 Å². The first-order valence-electron chi connectivity index (χ1n) is 13.7. The van der Waals surface area contributed by atoms with Crippen LogP contribution in [0.2, 0.25) is 0 Å². The summed E-state index contributed by atoms with van der Waals surface area (Å²) in [4.78, 5) is 65.4. The first-order valence-corrected chi connectivity index (χ1v) is 23.2. The molecular weight excluding hydrogens is 819 g/mol. The molecule has 0 amide bonds. The van der Waals surface area contributed by atoms with Crippen LogP contribution in [0.25, 0.3) is 0 Å². The molecule has 0 aromatic rings. The van der Waals surface area contributed by atoms with Crippen LogP contribution in [0.4, 0.5) is 4.48 Å². The minimum Gasteiger partial charge on any atom is -0.330 e. The van der Waals surface area contributed by atoms with E-state index in [4.69, 9.17) is 26.1 Å². The molecule has 50 heavy (non-hydrogen) atoms. The number of nitrogens with two attached hydrogens (primary N) is 2. The van der Waals surface area contributed by atoms with E-state index in [1.54, 1.807) is 0 Å². The largest absolute Gasteiger partial charge is 0.472 e. The third-order valence-corrected chi connectivity index (χ3v) is 10.2. The standard InChI is InChI=1S/C17H44FN3O23P6/c1-45(22,23)39-9-15(6-19)11-41-47(27,28)35-2-4-37-49(31,32)43-13-17(8-21-18)14-44-50(33,34)38-5-3-36-48(29,30)42-12-16(7-20)10-40-46(24,25)26/h15-17,21H,2-14,19-20H2,1H3,(H,22,23)(H,27,28)(H,29,30)(H,31,32)(H,33,34)(H2,24,25,26). The average molecular weight is 863 g/mol. The molecule has 0 aliphatic heterocycles. The highest BCUT2D eigenvalue weighted by Crippen LogP contribution is 2.48. The predicted molar refractivity (Wildman–Crippen MR) is 164 cm³/mol. The van der Waals surface area contributed by atoms with Crippen molar-refractivity contribution in [3.63, 3.8) is 0 Å². The maximum Gasteiger partial charge on any atom is 0.472 e. The number of nitrogens with one attached hydrogen (secondary N) is 1. The monoisotopic (exact) mass is 863 g/mol. The van der Waals surface area contributed by atoms with Crippen molar-refractivity contribution in [1.82, 2.24) is 5.54 Å². The summed E-state index contributed by atoms with van der Waals surface area (Å²) in [7, 11) is -28.0. The Morgan fingerprint density at radius 2 is 0.780 bits per heavy atom. The van der Waals surface area contributed by atoms with Gasteiger partial charge in [0.1, 0.15) is 0 Å². The summed E-state index contributed by atoms with van der Waals surface area (Å²) < 4.78 is 128. The first-order chi connectivity index (χ1) is 22.8. The average Bonchev–Trinajstić information content (AvgIpc) is 2.98. The molecule has 0 saturated carbocycles. The molecule has 0 rings (SSSR count). The van der Waals surface area contributed by atoms with E-state index in [0.29, 0.717) is 0 Å². The van der Waals surface area contributed by atoms with Crippen LogP contribution in [0.3, 0.4) is 0 Å². The third-order valence-electron chi connectivity index (χ3n) is 5.14. The predicted octanol–water partition coefficient (Wildman–Crippen LogP) is -0.298. The fourth-order valence-corrected chi connectivity index (χ4v) is 6.66. The SMILES string of the molecule is CP(=O)(O)OCC(CN)COP(=O)(O)OCCOP(=O)(O)OCC(CNF)COP(=O)(O)OCCOP(=O)(O)OCC(CN)COP(=O)(O)O. The molecule has 0 spiro atoms. The molecule has 0 aromatic carbocycles. The normalized spacial score (nSPS) is 20.5. The van der Waals surface area contributed by atoms with Gasteiger partial charge >= 0.3 is 46.7 Å². The van der Waals surface area contributed by atoms with Gasteiger partial charge in [0.05, 0.1) is 66.1 Å². The number of phosphoric acid groups is 5. The fraction of sp³-hybridized carbons (Fsp3) is 1.00. The van der Waals surface area contributed by atoms with Crippen LogP contribution >= 0.6 is 46.7 Å². The first kappa shape index (κ1) is 50.5. The summed E-state index contributed by atoms with van der Waals surface area (Å²) in [6, 6.07) is 0. The summed E-state index contributed by atoms with van der Waals surface area (Å²) >= 11 is 0. The zero-order valence-corrected chi connectivity index (χ0v) is 31.7. The minimum absolute atomic E-state index is 0.148. The molecule has 0 radical (unpaired) electrons. The highest BCUT2D eigenvalue weighted by molar-refractivity contribution is 7.52. The quantitative estimate of drug-likeness (QED) is 0.0236. The van der Waals surface area contributed by atoms with Crippen molar-refractivity contribution in [2.24, 2.45) is 29.2 Å². The van der Waals surface area contributed by atoms with Crippen LogP contribution in [0.15, 0.2) is 0 Å². The molecule has 12 N–H and O–H groups in total. The Kier molecular flexibility index (Phi) is 24.4. The van der Waals surface area contributed by atoms with Crippen molar-refractivity contribution < 1.29 is 111 Å². The van der Waals surface area contributed by atoms with Gasteiger partial charge in [-0.3, -0.25) is 45.3 Å². The summed E-state index contributed by atoms with van der Waals surface area (Å²) in [5.74, 6) is -2.91. The van der Waals surface area contributed by atoms with Gasteiger partial charge in [-0.2, -0.15) is 5.54 Å². The van der Waals surface area contributed by atoms with Crippen LogP contribution in [-0.4, -0.2) is 127 Å². The van der Waals surface area contributed by atoms with Gasteiger partial charge in [-0.15, -0.1) is 4.48 Å². The van der Waals surface area contributed by atoms with Crippen molar-refractivity contribution in [2.75, 3.05) is 92.4 Å². The van der Waals surface area contributed by atoms with Gasteiger partial charge in [-0.25, -0.2) is 22.8 Å². The second-order valence-electron chi connectivity index (χ2n) is 9.68. The van der Waals surface area contributed by atoms with Crippen molar-refractivity contribution in [3.05, 3.63) is 0 Å². The molecule has 0 saturated heterocycles. The van der Waals surface area contributed by atoms with Crippen molar-refractivity contribution in [1.29, 1.82) is 0 Å². The van der Waals surface area contributed by atoms with E-state index in [0.717, 1.165) is 6.66 Å². The third kappa shape index (κ3) is 28.9. The number of rotatable bonds is 32. The maximum absolute atomic E-state index is 12.7. The van der Waals surface area contributed by atoms with E-state index in [1.165, 1.54) is 5.54 Å². The summed E-state index contributed by atoms with van der Waals surface area (Å²) in [6.45, 7) is -7.10. The molecule has 0 aliphatic rings. The summed E-state index contributed by atoms with van der Waals surface area (Å²) in [6.07, 6.45) is 0. The summed E-state index contributed by atoms with van der Waals surface area (Å²) in [5.41, 5.74) is 12.0. The zero-order chi connectivity index (χ0) is 38.7. The van der Waals surface area contributed by atoms with Crippen LogP contribution in [-0.2, 0) is 72.6 Å². The Bertz CT molecular complexity index is 1170. The number of hydrogen-bond acceptors (Lipinski definition) is 19. The molecule has 8 unspecified atom stereocenters. The topological polar surface area (TPSA) is 400 Å². The Labute approximate surface area is 285 Å². The molecule has 0 fully saturated rings. The Hall–Kier alpha value is 0.510. The Balaban J connectivity index is 4.57. The van der Waals surface area contributed by atoms with Gasteiger partial charge in [0, 0.05) is 31.0 Å². The molecule has 33 heteroatoms. The fourth-order valence-electron chi connectivity index (χ4n) is 2.65. The second kappa shape index (κ2) is 24.1. The lowest BCUT2D eigenvalue weighted by molar-refractivity contribution is 0.0664. The Morgan fingerprint density at radius 1 is 0.500 bits per heavy atom. The van der Waals surface area contributed by atoms with E-state index >= 15 is 0 Å². The lowest BCUT2D eigenvalue weighted by atomic mass is 10.2. The molecule has 0 aromatic heterocycles. The molecule has 0 aliphatic carbocycles. The number of halogens is 1. The molecule has 0 bridgehead atoms. The second-order valence-corrected chi connectivity index (χ2v) is 18.6. The Morgan fingerprint density at radius 3 is 1.04 bits per heavy atom. The lowest BCUT2D eigenvalue weighted by Crippen LogP contribution is -2.25. The van der Waals surface area contributed by atoms with Crippen LogP contribution in [0.5, 0.6) is 0 Å². The van der Waals surface area contributed by atoms with Gasteiger partial charge in [0.2, 0.25) is 0 Å². The molecule has 8 atom stereocenters. The lowest BCUT2D eigenvalue weighted by Gasteiger charge is -2.20. The van der Waals surface area contributed by atoms with Crippen LogP contribution in [0.1, 0.15) is 0 Å². The van der Waals surface area contributed by atoms with Gasteiger partial charge in [-0.1, -0.05) is 0 Å². The van der Waals surface area contributed by atoms with E-state index in [1.807, 2.05) is 0 Å². The van der Waals surface area contributed by atoms with Gasteiger partial charge < -0.3 is 50.2 Å². The minimum atomic E-state index is -4.92. The molecule has 302 valence electrons. The molecule has 0 heterocycles.